The molecule has 3 aromatic carbocycles. The average molecular weight is 453 g/mol. The number of hydrogen-bond acceptors (Lipinski definition) is 3. The molecule has 2 aliphatic rings. The maximum Gasteiger partial charge on any atom is 0.262 e. The second-order valence-corrected chi connectivity index (χ2v) is 9.17. The molecule has 0 bridgehead atoms. The maximum atomic E-state index is 13.9. The van der Waals surface area contributed by atoms with E-state index in [1.807, 2.05) is 60.7 Å². The zero-order valence-electron chi connectivity index (χ0n) is 19.0. The van der Waals surface area contributed by atoms with E-state index < -0.39 is 17.9 Å². The predicted molar refractivity (Wildman–Crippen MR) is 130 cm³/mol. The fraction of sp³-hybridized carbons (Fsp3) is 0.276. The molecule has 0 saturated heterocycles. The van der Waals surface area contributed by atoms with Crippen molar-refractivity contribution in [3.8, 4) is 0 Å². The van der Waals surface area contributed by atoms with Gasteiger partial charge in [0, 0.05) is 6.42 Å². The van der Waals surface area contributed by atoms with Crippen LogP contribution < -0.4 is 5.32 Å². The SMILES string of the molecule is O=C(NC(c1ccccc1)C1CCCC1)C(Cc1ccccc1)N1C(=O)c2ccccc2C1=O. The molecule has 0 spiro atoms. The minimum absolute atomic E-state index is 0.148. The van der Waals surface area contributed by atoms with Crippen LogP contribution in [-0.2, 0) is 11.2 Å². The molecule has 1 heterocycles. The van der Waals surface area contributed by atoms with Gasteiger partial charge in [-0.15, -0.1) is 0 Å². The molecule has 1 fully saturated rings. The first-order valence-electron chi connectivity index (χ1n) is 12.0. The van der Waals surface area contributed by atoms with Gasteiger partial charge in [-0.3, -0.25) is 19.3 Å². The Hall–Kier alpha value is -3.73. The van der Waals surface area contributed by atoms with Crippen molar-refractivity contribution < 1.29 is 14.4 Å². The molecule has 1 aliphatic heterocycles. The summed E-state index contributed by atoms with van der Waals surface area (Å²) in [7, 11) is 0. The standard InChI is InChI=1S/C29H28N2O3/c32-27(30-26(22-15-7-8-16-22)21-13-5-2-6-14-21)25(19-20-11-3-1-4-12-20)31-28(33)23-17-9-10-18-24(23)29(31)34/h1-6,9-14,17-18,22,25-26H,7-8,15-16,19H2,(H,30,32). The lowest BCUT2D eigenvalue weighted by atomic mass is 9.91. The summed E-state index contributed by atoms with van der Waals surface area (Å²) in [5.74, 6) is -0.771. The van der Waals surface area contributed by atoms with Crippen molar-refractivity contribution >= 4 is 17.7 Å². The second-order valence-electron chi connectivity index (χ2n) is 9.17. The first-order valence-corrected chi connectivity index (χ1v) is 12.0. The Kier molecular flexibility index (Phi) is 6.26. The summed E-state index contributed by atoms with van der Waals surface area (Å²) in [6.07, 6.45) is 4.67. The molecule has 2 atom stereocenters. The van der Waals surface area contributed by atoms with Gasteiger partial charge in [0.1, 0.15) is 6.04 Å². The van der Waals surface area contributed by atoms with Crippen LogP contribution in [0.25, 0.3) is 0 Å². The van der Waals surface area contributed by atoms with Crippen molar-refractivity contribution in [3.05, 3.63) is 107 Å². The molecule has 34 heavy (non-hydrogen) atoms. The summed E-state index contributed by atoms with van der Waals surface area (Å²) in [6, 6.07) is 25.3. The Labute approximate surface area is 199 Å². The summed E-state index contributed by atoms with van der Waals surface area (Å²) in [5, 5.41) is 3.26. The minimum atomic E-state index is -0.928. The van der Waals surface area contributed by atoms with Crippen LogP contribution in [0.15, 0.2) is 84.9 Å². The predicted octanol–water partition coefficient (Wildman–Crippen LogP) is 4.94. The highest BCUT2D eigenvalue weighted by molar-refractivity contribution is 6.22. The lowest BCUT2D eigenvalue weighted by molar-refractivity contribution is -0.126. The van der Waals surface area contributed by atoms with Crippen LogP contribution >= 0.6 is 0 Å². The zero-order chi connectivity index (χ0) is 23.5. The molecule has 0 aromatic heterocycles. The van der Waals surface area contributed by atoms with Crippen molar-refractivity contribution in [1.82, 2.24) is 10.2 Å². The number of nitrogens with one attached hydrogen (secondary N) is 1. The third-order valence-corrected chi connectivity index (χ3v) is 7.04. The Morgan fingerprint density at radius 1 is 0.794 bits per heavy atom. The first kappa shape index (κ1) is 22.1. The Bertz CT molecular complexity index is 1150. The van der Waals surface area contributed by atoms with Crippen molar-refractivity contribution in [2.45, 2.75) is 44.2 Å². The van der Waals surface area contributed by atoms with E-state index in [2.05, 4.69) is 5.32 Å². The Morgan fingerprint density at radius 3 is 1.91 bits per heavy atom. The first-order chi connectivity index (χ1) is 16.6. The summed E-state index contributed by atoms with van der Waals surface area (Å²) < 4.78 is 0. The Balaban J connectivity index is 1.48. The van der Waals surface area contributed by atoms with Gasteiger partial charge in [-0.25, -0.2) is 0 Å². The van der Waals surface area contributed by atoms with E-state index in [1.165, 1.54) is 0 Å². The van der Waals surface area contributed by atoms with Crippen LogP contribution in [0, 0.1) is 5.92 Å². The lowest BCUT2D eigenvalue weighted by Gasteiger charge is -2.30. The van der Waals surface area contributed by atoms with E-state index in [0.29, 0.717) is 17.0 Å². The third-order valence-electron chi connectivity index (χ3n) is 7.04. The van der Waals surface area contributed by atoms with Crippen LogP contribution in [0.5, 0.6) is 0 Å². The smallest absolute Gasteiger partial charge is 0.262 e. The van der Waals surface area contributed by atoms with Gasteiger partial charge in [0.25, 0.3) is 11.8 Å². The molecule has 1 aliphatic carbocycles. The molecule has 5 rings (SSSR count). The number of nitrogens with zero attached hydrogens (tertiary/aromatic N) is 1. The van der Waals surface area contributed by atoms with Gasteiger partial charge < -0.3 is 5.32 Å². The zero-order valence-corrected chi connectivity index (χ0v) is 19.0. The summed E-state index contributed by atoms with van der Waals surface area (Å²) in [6.45, 7) is 0. The molecule has 1 saturated carbocycles. The summed E-state index contributed by atoms with van der Waals surface area (Å²) in [4.78, 5) is 41.6. The molecule has 3 amide bonds. The normalized spacial score (nSPS) is 17.5. The molecule has 0 radical (unpaired) electrons. The highest BCUT2D eigenvalue weighted by Gasteiger charge is 2.43. The fourth-order valence-electron chi connectivity index (χ4n) is 5.30. The highest BCUT2D eigenvalue weighted by atomic mass is 16.2. The summed E-state index contributed by atoms with van der Waals surface area (Å²) >= 11 is 0. The molecule has 1 N–H and O–H groups in total. The van der Waals surface area contributed by atoms with Gasteiger partial charge in [0.15, 0.2) is 0 Å². The van der Waals surface area contributed by atoms with Crippen molar-refractivity contribution in [2.75, 3.05) is 0 Å². The highest BCUT2D eigenvalue weighted by Crippen LogP contribution is 2.36. The number of benzene rings is 3. The van der Waals surface area contributed by atoms with Crippen LogP contribution in [0.1, 0.15) is 63.6 Å². The van der Waals surface area contributed by atoms with E-state index in [9.17, 15) is 14.4 Å². The molecule has 5 heteroatoms. The third kappa shape index (κ3) is 4.26. The summed E-state index contributed by atoms with van der Waals surface area (Å²) in [5.41, 5.74) is 2.67. The lowest BCUT2D eigenvalue weighted by Crippen LogP contribution is -2.52. The van der Waals surface area contributed by atoms with Gasteiger partial charge >= 0.3 is 0 Å². The topological polar surface area (TPSA) is 66.5 Å². The monoisotopic (exact) mass is 452 g/mol. The van der Waals surface area contributed by atoms with Crippen LogP contribution in [0.4, 0.5) is 0 Å². The molecule has 172 valence electrons. The molecule has 3 aromatic rings. The fourth-order valence-corrected chi connectivity index (χ4v) is 5.30. The van der Waals surface area contributed by atoms with Gasteiger partial charge in [-0.2, -0.15) is 0 Å². The van der Waals surface area contributed by atoms with E-state index in [4.69, 9.17) is 0 Å². The number of carbonyl (C=O) groups excluding carboxylic acids is 3. The molecular formula is C29H28N2O3. The number of rotatable bonds is 7. The van der Waals surface area contributed by atoms with Crippen LogP contribution in [-0.4, -0.2) is 28.7 Å². The largest absolute Gasteiger partial charge is 0.347 e. The van der Waals surface area contributed by atoms with Gasteiger partial charge in [0.05, 0.1) is 17.2 Å². The quantitative estimate of drug-likeness (QED) is 0.516. The van der Waals surface area contributed by atoms with Gasteiger partial charge in [0.2, 0.25) is 5.91 Å². The molecule has 2 unspecified atom stereocenters. The van der Waals surface area contributed by atoms with E-state index >= 15 is 0 Å². The van der Waals surface area contributed by atoms with E-state index in [0.717, 1.165) is 41.7 Å². The number of carbonyl (C=O) groups is 3. The van der Waals surface area contributed by atoms with Crippen LogP contribution in [0.3, 0.4) is 0 Å². The number of imide groups is 1. The van der Waals surface area contributed by atoms with E-state index in [-0.39, 0.29) is 18.4 Å². The van der Waals surface area contributed by atoms with Gasteiger partial charge in [-0.1, -0.05) is 85.6 Å². The van der Waals surface area contributed by atoms with Crippen molar-refractivity contribution in [3.63, 3.8) is 0 Å². The van der Waals surface area contributed by atoms with Crippen molar-refractivity contribution in [1.29, 1.82) is 0 Å². The van der Waals surface area contributed by atoms with Gasteiger partial charge in [-0.05, 0) is 42.0 Å². The average Bonchev–Trinajstić information content (AvgIpc) is 3.50. The number of fused-ring (bicyclic) bond motifs is 1. The maximum absolute atomic E-state index is 13.9. The second kappa shape index (κ2) is 9.64. The molecular weight excluding hydrogens is 424 g/mol. The minimum Gasteiger partial charge on any atom is -0.347 e. The number of amides is 3. The van der Waals surface area contributed by atoms with Crippen LogP contribution in [0.2, 0.25) is 0 Å². The Morgan fingerprint density at radius 2 is 1.32 bits per heavy atom. The van der Waals surface area contributed by atoms with Crippen molar-refractivity contribution in [2.24, 2.45) is 5.92 Å². The molecule has 5 nitrogen and oxygen atoms in total. The van der Waals surface area contributed by atoms with E-state index in [1.54, 1.807) is 24.3 Å². The number of hydrogen-bond donors (Lipinski definition) is 1.